The fraction of sp³-hybridized carbons (Fsp3) is 0.227. The second-order valence-electron chi connectivity index (χ2n) is 6.82. The second kappa shape index (κ2) is 6.06. The molecule has 4 heteroatoms. The number of para-hydroxylation sites is 2. The van der Waals surface area contributed by atoms with Gasteiger partial charge in [-0.15, -0.1) is 0 Å². The Labute approximate surface area is 151 Å². The van der Waals surface area contributed by atoms with Gasteiger partial charge in [-0.1, -0.05) is 36.4 Å². The van der Waals surface area contributed by atoms with E-state index in [-0.39, 0.29) is 12.0 Å². The normalized spacial score (nSPS) is 17.3. The number of carbonyl (C=O) groups excluding carboxylic acids is 1. The molecule has 1 aliphatic heterocycles. The number of amides is 1. The highest BCUT2D eigenvalue weighted by molar-refractivity contribution is 6.09. The van der Waals surface area contributed by atoms with Gasteiger partial charge in [-0.25, -0.2) is 0 Å². The summed E-state index contributed by atoms with van der Waals surface area (Å²) in [4.78, 5) is 12.8. The molecule has 26 heavy (non-hydrogen) atoms. The van der Waals surface area contributed by atoms with Gasteiger partial charge in [0.2, 0.25) is 0 Å². The highest BCUT2D eigenvalue weighted by Crippen LogP contribution is 2.33. The first-order valence-electron chi connectivity index (χ1n) is 9.00. The molecule has 130 valence electrons. The number of hydrogen-bond acceptors (Lipinski definition) is 3. The molecule has 0 aromatic heterocycles. The first kappa shape index (κ1) is 15.3. The highest BCUT2D eigenvalue weighted by atomic mass is 16.6. The van der Waals surface area contributed by atoms with Gasteiger partial charge in [-0.3, -0.25) is 4.79 Å². The monoisotopic (exact) mass is 345 g/mol. The van der Waals surface area contributed by atoms with Gasteiger partial charge < -0.3 is 14.8 Å². The van der Waals surface area contributed by atoms with Gasteiger partial charge in [0, 0.05) is 5.56 Å². The Balaban J connectivity index is 1.34. The molecule has 0 saturated heterocycles. The largest absolute Gasteiger partial charge is 0.486 e. The summed E-state index contributed by atoms with van der Waals surface area (Å²) in [6, 6.07) is 17.9. The predicted molar refractivity (Wildman–Crippen MR) is 100 cm³/mol. The Kier molecular flexibility index (Phi) is 3.56. The minimum absolute atomic E-state index is 0.0666. The summed E-state index contributed by atoms with van der Waals surface area (Å²) in [7, 11) is 0. The van der Waals surface area contributed by atoms with Gasteiger partial charge in [0.15, 0.2) is 11.5 Å². The summed E-state index contributed by atoms with van der Waals surface area (Å²) in [6.07, 6.45) is 1.93. The summed E-state index contributed by atoms with van der Waals surface area (Å²) in [6.45, 7) is 0.844. The van der Waals surface area contributed by atoms with Crippen molar-refractivity contribution < 1.29 is 14.3 Å². The van der Waals surface area contributed by atoms with Crippen molar-refractivity contribution in [2.45, 2.75) is 18.9 Å². The molecule has 3 aromatic rings. The van der Waals surface area contributed by atoms with Crippen LogP contribution >= 0.6 is 0 Å². The van der Waals surface area contributed by atoms with E-state index in [0.29, 0.717) is 13.2 Å². The first-order chi connectivity index (χ1) is 12.8. The molecule has 4 nitrogen and oxygen atoms in total. The lowest BCUT2D eigenvalue weighted by Crippen LogP contribution is -2.40. The molecule has 1 N–H and O–H groups in total. The van der Waals surface area contributed by atoms with Crippen LogP contribution in [0.15, 0.2) is 54.6 Å². The second-order valence-corrected chi connectivity index (χ2v) is 6.82. The van der Waals surface area contributed by atoms with E-state index in [4.69, 9.17) is 9.47 Å². The minimum atomic E-state index is -0.189. The van der Waals surface area contributed by atoms with Crippen LogP contribution < -0.4 is 14.8 Å². The van der Waals surface area contributed by atoms with Crippen molar-refractivity contribution in [1.29, 1.82) is 0 Å². The van der Waals surface area contributed by atoms with E-state index in [2.05, 4.69) is 17.4 Å². The minimum Gasteiger partial charge on any atom is -0.486 e. The summed E-state index contributed by atoms with van der Waals surface area (Å²) < 4.78 is 11.6. The highest BCUT2D eigenvalue weighted by Gasteiger charge is 2.23. The smallest absolute Gasteiger partial charge is 0.252 e. The fourth-order valence-electron chi connectivity index (χ4n) is 3.91. The van der Waals surface area contributed by atoms with E-state index in [1.165, 1.54) is 16.5 Å². The van der Waals surface area contributed by atoms with E-state index in [9.17, 15) is 4.79 Å². The van der Waals surface area contributed by atoms with Crippen LogP contribution in [-0.4, -0.2) is 25.2 Å². The number of rotatable bonds is 3. The van der Waals surface area contributed by atoms with E-state index in [0.717, 1.165) is 35.3 Å². The number of carbonyl (C=O) groups is 1. The molecule has 2 aliphatic rings. The van der Waals surface area contributed by atoms with Crippen LogP contribution in [0, 0.1) is 0 Å². The molecular formula is C22H19NO3. The number of benzene rings is 3. The van der Waals surface area contributed by atoms with Crippen molar-refractivity contribution >= 4 is 16.7 Å². The lowest BCUT2D eigenvalue weighted by Gasteiger charge is -2.26. The quantitative estimate of drug-likeness (QED) is 0.790. The summed E-state index contributed by atoms with van der Waals surface area (Å²) in [5, 5.41) is 5.31. The van der Waals surface area contributed by atoms with E-state index in [1.807, 2.05) is 42.5 Å². The zero-order valence-corrected chi connectivity index (χ0v) is 14.3. The topological polar surface area (TPSA) is 47.6 Å². The van der Waals surface area contributed by atoms with Crippen LogP contribution in [0.4, 0.5) is 0 Å². The zero-order chi connectivity index (χ0) is 17.5. The lowest BCUT2D eigenvalue weighted by atomic mass is 9.99. The SMILES string of the molecule is O=C(NCC1COc2ccccc2O1)c1ccc2c3c(cccc13)CC2. The van der Waals surface area contributed by atoms with Crippen molar-refractivity contribution in [3.63, 3.8) is 0 Å². The zero-order valence-electron chi connectivity index (χ0n) is 14.3. The molecule has 3 aromatic carbocycles. The molecule has 0 fully saturated rings. The molecule has 1 heterocycles. The van der Waals surface area contributed by atoms with Crippen LogP contribution in [0.2, 0.25) is 0 Å². The van der Waals surface area contributed by atoms with Crippen LogP contribution in [0.5, 0.6) is 11.5 Å². The maximum Gasteiger partial charge on any atom is 0.252 e. The predicted octanol–water partition coefficient (Wildman–Crippen LogP) is 3.51. The third kappa shape index (κ3) is 2.49. The molecule has 0 saturated carbocycles. The first-order valence-corrected chi connectivity index (χ1v) is 9.00. The van der Waals surface area contributed by atoms with Crippen LogP contribution in [-0.2, 0) is 12.8 Å². The number of aryl methyl sites for hydroxylation is 2. The lowest BCUT2D eigenvalue weighted by molar-refractivity contribution is 0.0790. The summed E-state index contributed by atoms with van der Waals surface area (Å²) in [5.41, 5.74) is 3.41. The average molecular weight is 345 g/mol. The van der Waals surface area contributed by atoms with Crippen LogP contribution in [0.25, 0.3) is 10.8 Å². The Morgan fingerprint density at radius 3 is 2.65 bits per heavy atom. The summed E-state index contributed by atoms with van der Waals surface area (Å²) in [5.74, 6) is 1.41. The molecule has 0 radical (unpaired) electrons. The Bertz CT molecular complexity index is 1000. The average Bonchev–Trinajstić information content (AvgIpc) is 3.11. The number of ether oxygens (including phenoxy) is 2. The van der Waals surface area contributed by atoms with E-state index in [1.54, 1.807) is 0 Å². The number of nitrogens with one attached hydrogen (secondary N) is 1. The van der Waals surface area contributed by atoms with Gasteiger partial charge >= 0.3 is 0 Å². The van der Waals surface area contributed by atoms with Crippen molar-refractivity contribution in [1.82, 2.24) is 5.32 Å². The van der Waals surface area contributed by atoms with Gasteiger partial charge in [0.1, 0.15) is 12.7 Å². The third-order valence-electron chi connectivity index (χ3n) is 5.18. The molecule has 1 amide bonds. The third-order valence-corrected chi connectivity index (χ3v) is 5.18. The van der Waals surface area contributed by atoms with Gasteiger partial charge in [0.25, 0.3) is 5.91 Å². The molecular weight excluding hydrogens is 326 g/mol. The Morgan fingerprint density at radius 2 is 1.77 bits per heavy atom. The van der Waals surface area contributed by atoms with Crippen molar-refractivity contribution in [3.8, 4) is 11.5 Å². The Morgan fingerprint density at radius 1 is 0.962 bits per heavy atom. The number of hydrogen-bond donors (Lipinski definition) is 1. The molecule has 0 bridgehead atoms. The molecule has 5 rings (SSSR count). The molecule has 1 atom stereocenters. The van der Waals surface area contributed by atoms with Crippen LogP contribution in [0.3, 0.4) is 0 Å². The standard InChI is InChI=1S/C22H19NO3/c24-22(23-12-16-13-25-19-6-1-2-7-20(19)26-16)18-11-10-15-9-8-14-4-3-5-17(18)21(14)15/h1-7,10-11,16H,8-9,12-13H2,(H,23,24). The summed E-state index contributed by atoms with van der Waals surface area (Å²) >= 11 is 0. The molecule has 0 spiro atoms. The van der Waals surface area contributed by atoms with Crippen LogP contribution in [0.1, 0.15) is 21.5 Å². The van der Waals surface area contributed by atoms with Gasteiger partial charge in [0.05, 0.1) is 6.54 Å². The van der Waals surface area contributed by atoms with E-state index >= 15 is 0 Å². The van der Waals surface area contributed by atoms with Crippen molar-refractivity contribution in [3.05, 3.63) is 71.3 Å². The van der Waals surface area contributed by atoms with Gasteiger partial charge in [-0.05, 0) is 52.9 Å². The van der Waals surface area contributed by atoms with Crippen molar-refractivity contribution in [2.24, 2.45) is 0 Å². The molecule has 1 aliphatic carbocycles. The maximum atomic E-state index is 12.8. The van der Waals surface area contributed by atoms with Gasteiger partial charge in [-0.2, -0.15) is 0 Å². The fourth-order valence-corrected chi connectivity index (χ4v) is 3.91. The number of fused-ring (bicyclic) bond motifs is 1. The van der Waals surface area contributed by atoms with Crippen molar-refractivity contribution in [2.75, 3.05) is 13.2 Å². The van der Waals surface area contributed by atoms with E-state index < -0.39 is 0 Å². The maximum absolute atomic E-state index is 12.8. The Hall–Kier alpha value is -3.01. The molecule has 1 unspecified atom stereocenters.